The molecule has 1 aliphatic rings. The van der Waals surface area contributed by atoms with E-state index in [1.165, 1.54) is 24.3 Å². The van der Waals surface area contributed by atoms with Gasteiger partial charge < -0.3 is 10.2 Å². The zero-order valence-corrected chi connectivity index (χ0v) is 16.9. The second kappa shape index (κ2) is 7.66. The number of likely N-dealkylation sites (N-methyl/N-ethyl adjacent to an activating group) is 1. The van der Waals surface area contributed by atoms with Gasteiger partial charge in [-0.1, -0.05) is 11.6 Å². The van der Waals surface area contributed by atoms with Crippen molar-refractivity contribution in [3.8, 4) is 0 Å². The maximum absolute atomic E-state index is 12.6. The lowest BCUT2D eigenvalue weighted by atomic mass is 10.1. The minimum absolute atomic E-state index is 0.000330. The van der Waals surface area contributed by atoms with Gasteiger partial charge in [0.15, 0.2) is 10.8 Å². The molecule has 28 heavy (non-hydrogen) atoms. The Labute approximate surface area is 168 Å². The summed E-state index contributed by atoms with van der Waals surface area (Å²) in [5.74, 6) is -0.198. The number of benzene rings is 2. The number of aryl methyl sites for hydroxylation is 1. The number of carbonyl (C=O) groups excluding carboxylic acids is 1. The van der Waals surface area contributed by atoms with Crippen LogP contribution in [0.5, 0.6) is 0 Å². The van der Waals surface area contributed by atoms with Gasteiger partial charge in [-0.2, -0.15) is 5.10 Å². The highest BCUT2D eigenvalue weighted by Crippen LogP contribution is 2.29. The zero-order valence-electron chi connectivity index (χ0n) is 15.3. The van der Waals surface area contributed by atoms with Crippen LogP contribution in [0.3, 0.4) is 0 Å². The van der Waals surface area contributed by atoms with E-state index in [0.717, 1.165) is 16.8 Å². The van der Waals surface area contributed by atoms with E-state index in [1.54, 1.807) is 4.90 Å². The number of anilines is 2. The lowest BCUT2D eigenvalue weighted by molar-refractivity contribution is -0.112. The van der Waals surface area contributed by atoms with Gasteiger partial charge in [-0.3, -0.25) is 10.2 Å². The van der Waals surface area contributed by atoms with Crippen molar-refractivity contribution < 1.29 is 13.2 Å². The Hall–Kier alpha value is -2.82. The van der Waals surface area contributed by atoms with Crippen LogP contribution < -0.4 is 20.8 Å². The first kappa shape index (κ1) is 19.9. The number of primary sulfonamides is 1. The minimum Gasteiger partial charge on any atom is -0.331 e. The predicted molar refractivity (Wildman–Crippen MR) is 113 cm³/mol. The van der Waals surface area contributed by atoms with Gasteiger partial charge in [0.25, 0.3) is 5.91 Å². The van der Waals surface area contributed by atoms with Crippen molar-refractivity contribution in [1.29, 1.82) is 0 Å². The van der Waals surface area contributed by atoms with Crippen LogP contribution in [0.1, 0.15) is 18.1 Å². The van der Waals surface area contributed by atoms with E-state index < -0.39 is 10.0 Å². The summed E-state index contributed by atoms with van der Waals surface area (Å²) in [5.41, 5.74) is 6.09. The number of thiocarbonyl (C=S) groups is 1. The van der Waals surface area contributed by atoms with Gasteiger partial charge in [-0.25, -0.2) is 13.6 Å². The molecule has 0 spiro atoms. The average Bonchev–Trinajstić information content (AvgIpc) is 2.89. The normalized spacial score (nSPS) is 14.9. The fraction of sp³-hybridized carbons (Fsp3) is 0.167. The highest BCUT2D eigenvalue weighted by Gasteiger charge is 2.33. The lowest BCUT2D eigenvalue weighted by Crippen LogP contribution is -2.32. The summed E-state index contributed by atoms with van der Waals surface area (Å²) >= 11 is 5.20. The van der Waals surface area contributed by atoms with Crippen LogP contribution in [0, 0.1) is 6.92 Å². The van der Waals surface area contributed by atoms with Gasteiger partial charge in [0.1, 0.15) is 0 Å². The number of hydrogen-bond acceptors (Lipinski definition) is 5. The fourth-order valence-corrected chi connectivity index (χ4v) is 3.52. The largest absolute Gasteiger partial charge is 0.331 e. The minimum atomic E-state index is -3.76. The molecule has 0 bridgehead atoms. The van der Waals surface area contributed by atoms with Crippen molar-refractivity contribution in [1.82, 2.24) is 5.43 Å². The van der Waals surface area contributed by atoms with E-state index in [2.05, 4.69) is 15.8 Å². The van der Waals surface area contributed by atoms with Crippen LogP contribution in [0.4, 0.5) is 11.4 Å². The fourth-order valence-electron chi connectivity index (χ4n) is 2.84. The van der Waals surface area contributed by atoms with Gasteiger partial charge in [-0.15, -0.1) is 0 Å². The van der Waals surface area contributed by atoms with Crippen LogP contribution in [-0.4, -0.2) is 31.7 Å². The van der Waals surface area contributed by atoms with E-state index in [1.807, 2.05) is 32.0 Å². The molecule has 8 nitrogen and oxygen atoms in total. The van der Waals surface area contributed by atoms with E-state index in [9.17, 15) is 13.2 Å². The molecule has 0 atom stereocenters. The quantitative estimate of drug-likeness (QED) is 0.515. The molecule has 0 saturated carbocycles. The standard InChI is InChI=1S/C18H19N5O3S2/c1-3-23-15-9-4-11(2)10-14(15)16(17(23)24)21-22-18(27)20-12-5-7-13(8-6-12)28(19,25)26/h4-10H,3H2,1-2H3,(H2,19,25,26)(H2,20,22,27). The summed E-state index contributed by atoms with van der Waals surface area (Å²) in [6, 6.07) is 11.5. The van der Waals surface area contributed by atoms with Crippen LogP contribution in [0.2, 0.25) is 0 Å². The Balaban J connectivity index is 1.76. The van der Waals surface area contributed by atoms with Crippen LogP contribution in [0.15, 0.2) is 52.5 Å². The molecular formula is C18H19N5O3S2. The van der Waals surface area contributed by atoms with Crippen LogP contribution in [0.25, 0.3) is 0 Å². The number of carbonyl (C=O) groups is 1. The van der Waals surface area contributed by atoms with Gasteiger partial charge >= 0.3 is 0 Å². The number of hydrogen-bond donors (Lipinski definition) is 3. The lowest BCUT2D eigenvalue weighted by Gasteiger charge is -2.13. The maximum Gasteiger partial charge on any atom is 0.279 e. The summed E-state index contributed by atoms with van der Waals surface area (Å²) in [6.45, 7) is 4.38. The maximum atomic E-state index is 12.6. The number of rotatable bonds is 4. The Bertz CT molecular complexity index is 1080. The zero-order chi connectivity index (χ0) is 20.5. The van der Waals surface area contributed by atoms with Gasteiger partial charge in [0, 0.05) is 17.8 Å². The van der Waals surface area contributed by atoms with Crippen LogP contribution in [-0.2, 0) is 14.8 Å². The van der Waals surface area contributed by atoms with Crippen molar-refractivity contribution >= 4 is 50.3 Å². The molecule has 1 amide bonds. The third-order valence-electron chi connectivity index (χ3n) is 4.17. The Morgan fingerprint density at radius 3 is 2.50 bits per heavy atom. The van der Waals surface area contributed by atoms with Gasteiger partial charge in [-0.05, 0) is 62.5 Å². The molecule has 10 heteroatoms. The highest BCUT2D eigenvalue weighted by atomic mass is 32.2. The molecular weight excluding hydrogens is 398 g/mol. The first-order chi connectivity index (χ1) is 13.2. The molecule has 146 valence electrons. The molecule has 0 fully saturated rings. The first-order valence-corrected chi connectivity index (χ1v) is 10.4. The van der Waals surface area contributed by atoms with Gasteiger partial charge in [0.2, 0.25) is 10.0 Å². The molecule has 2 aromatic carbocycles. The molecule has 3 rings (SSSR count). The molecule has 2 aromatic rings. The third-order valence-corrected chi connectivity index (χ3v) is 5.29. The molecule has 1 heterocycles. The number of amides is 1. The van der Waals surface area contributed by atoms with Crippen molar-refractivity contribution in [2.45, 2.75) is 18.7 Å². The summed E-state index contributed by atoms with van der Waals surface area (Å²) in [6.07, 6.45) is 0. The van der Waals surface area contributed by atoms with Crippen molar-refractivity contribution in [2.24, 2.45) is 10.2 Å². The predicted octanol–water partition coefficient (Wildman–Crippen LogP) is 1.70. The SMILES string of the molecule is CCN1C(=O)C(=NNC(=S)Nc2ccc(S(N)(=O)=O)cc2)c2cc(C)ccc21. The number of nitrogens with zero attached hydrogens (tertiary/aromatic N) is 2. The molecule has 4 N–H and O–H groups in total. The van der Waals surface area contributed by atoms with E-state index >= 15 is 0 Å². The third kappa shape index (κ3) is 4.03. The van der Waals surface area contributed by atoms with Crippen LogP contribution >= 0.6 is 12.2 Å². The highest BCUT2D eigenvalue weighted by molar-refractivity contribution is 7.89. The number of fused-ring (bicyclic) bond motifs is 1. The smallest absolute Gasteiger partial charge is 0.279 e. The monoisotopic (exact) mass is 417 g/mol. The Morgan fingerprint density at radius 1 is 1.21 bits per heavy atom. The number of sulfonamides is 1. The summed E-state index contributed by atoms with van der Waals surface area (Å²) in [4.78, 5) is 14.3. The molecule has 0 radical (unpaired) electrons. The summed E-state index contributed by atoms with van der Waals surface area (Å²) in [5, 5.41) is 12.3. The van der Waals surface area contributed by atoms with E-state index in [-0.39, 0.29) is 21.6 Å². The second-order valence-corrected chi connectivity index (χ2v) is 8.14. The summed E-state index contributed by atoms with van der Waals surface area (Å²) < 4.78 is 22.6. The molecule has 0 aromatic heterocycles. The molecule has 1 aliphatic heterocycles. The average molecular weight is 418 g/mol. The van der Waals surface area contributed by atoms with E-state index in [4.69, 9.17) is 17.4 Å². The van der Waals surface area contributed by atoms with Crippen molar-refractivity contribution in [2.75, 3.05) is 16.8 Å². The Morgan fingerprint density at radius 2 is 1.89 bits per heavy atom. The second-order valence-electron chi connectivity index (χ2n) is 6.17. The van der Waals surface area contributed by atoms with E-state index in [0.29, 0.717) is 12.2 Å². The number of hydrazone groups is 1. The summed E-state index contributed by atoms with van der Waals surface area (Å²) in [7, 11) is -3.76. The van der Waals surface area contributed by atoms with Crippen molar-refractivity contribution in [3.63, 3.8) is 0 Å². The first-order valence-electron chi connectivity index (χ1n) is 8.41. The molecule has 0 saturated heterocycles. The Kier molecular flexibility index (Phi) is 5.45. The number of nitrogens with two attached hydrogens (primary N) is 1. The topological polar surface area (TPSA) is 117 Å². The molecule has 0 unspecified atom stereocenters. The number of nitrogens with one attached hydrogen (secondary N) is 2. The van der Waals surface area contributed by atoms with Crippen molar-refractivity contribution in [3.05, 3.63) is 53.6 Å². The van der Waals surface area contributed by atoms with Gasteiger partial charge in [0.05, 0.1) is 10.6 Å². The molecule has 0 aliphatic carbocycles.